The second kappa shape index (κ2) is 6.57. The largest absolute Gasteiger partial charge is 0.356 e. The van der Waals surface area contributed by atoms with Crippen molar-refractivity contribution in [3.63, 3.8) is 0 Å². The Morgan fingerprint density at radius 2 is 1.89 bits per heavy atom. The van der Waals surface area contributed by atoms with Crippen LogP contribution >= 0.6 is 11.6 Å². The Kier molecular flexibility index (Phi) is 4.80. The summed E-state index contributed by atoms with van der Waals surface area (Å²) in [5, 5.41) is 6.26. The standard InChI is InChI=1S/C14H17ClN2O2/c15-11-5-7-12(8-6-11)17-13(18)2-1-9-16-14(19)10-3-4-10/h5-8,10H,1-4,9H2,(H,16,19)(H,17,18). The van der Waals surface area contributed by atoms with Crippen molar-refractivity contribution in [1.29, 1.82) is 0 Å². The number of amides is 2. The molecular weight excluding hydrogens is 264 g/mol. The highest BCUT2D eigenvalue weighted by Gasteiger charge is 2.28. The summed E-state index contributed by atoms with van der Waals surface area (Å²) < 4.78 is 0. The van der Waals surface area contributed by atoms with Crippen LogP contribution in [-0.4, -0.2) is 18.4 Å². The molecule has 1 aliphatic carbocycles. The number of carbonyl (C=O) groups excluding carboxylic acids is 2. The highest BCUT2D eigenvalue weighted by Crippen LogP contribution is 2.28. The highest BCUT2D eigenvalue weighted by molar-refractivity contribution is 6.30. The van der Waals surface area contributed by atoms with E-state index < -0.39 is 0 Å². The van der Waals surface area contributed by atoms with Crippen molar-refractivity contribution in [1.82, 2.24) is 5.32 Å². The van der Waals surface area contributed by atoms with E-state index in [0.717, 1.165) is 18.5 Å². The molecule has 0 unspecified atom stereocenters. The van der Waals surface area contributed by atoms with Crippen LogP contribution in [0.25, 0.3) is 0 Å². The second-order valence-electron chi connectivity index (χ2n) is 4.72. The SMILES string of the molecule is O=C(CCCNC(=O)C1CC1)Nc1ccc(Cl)cc1. The van der Waals surface area contributed by atoms with Gasteiger partial charge in [0.2, 0.25) is 11.8 Å². The average molecular weight is 281 g/mol. The first kappa shape index (κ1) is 13.9. The van der Waals surface area contributed by atoms with Crippen molar-refractivity contribution in [2.75, 3.05) is 11.9 Å². The molecule has 2 amide bonds. The summed E-state index contributed by atoms with van der Waals surface area (Å²) in [5.74, 6) is 0.295. The Labute approximate surface area is 117 Å². The number of benzene rings is 1. The third-order valence-electron chi connectivity index (χ3n) is 2.96. The third kappa shape index (κ3) is 4.91. The fourth-order valence-corrected chi connectivity index (χ4v) is 1.83. The lowest BCUT2D eigenvalue weighted by atomic mass is 10.2. The summed E-state index contributed by atoms with van der Waals surface area (Å²) in [6.45, 7) is 0.559. The first-order valence-corrected chi connectivity index (χ1v) is 6.86. The molecule has 0 aromatic heterocycles. The lowest BCUT2D eigenvalue weighted by Gasteiger charge is -2.06. The van der Waals surface area contributed by atoms with E-state index in [0.29, 0.717) is 24.4 Å². The van der Waals surface area contributed by atoms with E-state index in [9.17, 15) is 9.59 Å². The van der Waals surface area contributed by atoms with Crippen LogP contribution in [0.5, 0.6) is 0 Å². The number of anilines is 1. The summed E-state index contributed by atoms with van der Waals surface area (Å²) >= 11 is 5.76. The van der Waals surface area contributed by atoms with Crippen LogP contribution in [0.4, 0.5) is 5.69 Å². The molecule has 5 heteroatoms. The molecule has 0 aliphatic heterocycles. The van der Waals surface area contributed by atoms with E-state index in [1.54, 1.807) is 24.3 Å². The van der Waals surface area contributed by atoms with Gasteiger partial charge < -0.3 is 10.6 Å². The monoisotopic (exact) mass is 280 g/mol. The summed E-state index contributed by atoms with van der Waals surface area (Å²) in [7, 11) is 0. The van der Waals surface area contributed by atoms with Crippen LogP contribution in [-0.2, 0) is 9.59 Å². The Morgan fingerprint density at radius 1 is 1.21 bits per heavy atom. The molecule has 1 saturated carbocycles. The van der Waals surface area contributed by atoms with Crippen molar-refractivity contribution in [2.45, 2.75) is 25.7 Å². The van der Waals surface area contributed by atoms with Gasteiger partial charge in [-0.2, -0.15) is 0 Å². The van der Waals surface area contributed by atoms with E-state index in [2.05, 4.69) is 10.6 Å². The van der Waals surface area contributed by atoms with Gasteiger partial charge in [-0.05, 0) is 43.5 Å². The Hall–Kier alpha value is -1.55. The molecule has 0 heterocycles. The Balaban J connectivity index is 1.61. The summed E-state index contributed by atoms with van der Waals surface area (Å²) in [5.41, 5.74) is 0.733. The highest BCUT2D eigenvalue weighted by atomic mass is 35.5. The molecular formula is C14H17ClN2O2. The predicted molar refractivity (Wildman–Crippen MR) is 75.0 cm³/mol. The molecule has 1 aliphatic rings. The number of rotatable bonds is 6. The zero-order valence-corrected chi connectivity index (χ0v) is 11.4. The van der Waals surface area contributed by atoms with Crippen molar-refractivity contribution in [3.05, 3.63) is 29.3 Å². The molecule has 0 bridgehead atoms. The predicted octanol–water partition coefficient (Wildman–Crippen LogP) is 2.58. The van der Waals surface area contributed by atoms with Gasteiger partial charge >= 0.3 is 0 Å². The first-order chi connectivity index (χ1) is 9.15. The molecule has 19 heavy (non-hydrogen) atoms. The molecule has 0 saturated heterocycles. The first-order valence-electron chi connectivity index (χ1n) is 6.48. The molecule has 1 aromatic rings. The summed E-state index contributed by atoms with van der Waals surface area (Å²) in [6, 6.07) is 6.98. The van der Waals surface area contributed by atoms with Crippen molar-refractivity contribution >= 4 is 29.1 Å². The van der Waals surface area contributed by atoms with E-state index in [4.69, 9.17) is 11.6 Å². The van der Waals surface area contributed by atoms with Gasteiger partial charge in [-0.3, -0.25) is 9.59 Å². The van der Waals surface area contributed by atoms with Gasteiger partial charge in [-0.1, -0.05) is 11.6 Å². The van der Waals surface area contributed by atoms with Gasteiger partial charge in [0.15, 0.2) is 0 Å². The van der Waals surface area contributed by atoms with Crippen LogP contribution in [0.1, 0.15) is 25.7 Å². The summed E-state index contributed by atoms with van der Waals surface area (Å²) in [4.78, 5) is 23.0. The van der Waals surface area contributed by atoms with E-state index >= 15 is 0 Å². The molecule has 1 aromatic carbocycles. The number of halogens is 1. The molecule has 0 atom stereocenters. The van der Waals surface area contributed by atoms with Crippen LogP contribution in [0.2, 0.25) is 5.02 Å². The lowest BCUT2D eigenvalue weighted by molar-refractivity contribution is -0.122. The quantitative estimate of drug-likeness (QED) is 0.787. The Bertz CT molecular complexity index is 455. The minimum absolute atomic E-state index is 0.0528. The maximum atomic E-state index is 11.6. The second-order valence-corrected chi connectivity index (χ2v) is 5.16. The molecule has 1 fully saturated rings. The zero-order chi connectivity index (χ0) is 13.7. The van der Waals surface area contributed by atoms with Gasteiger partial charge in [0.1, 0.15) is 0 Å². The van der Waals surface area contributed by atoms with E-state index in [1.165, 1.54) is 0 Å². The Morgan fingerprint density at radius 3 is 2.53 bits per heavy atom. The topological polar surface area (TPSA) is 58.2 Å². The smallest absolute Gasteiger partial charge is 0.224 e. The maximum Gasteiger partial charge on any atom is 0.224 e. The number of carbonyl (C=O) groups is 2. The van der Waals surface area contributed by atoms with Crippen LogP contribution in [0, 0.1) is 5.92 Å². The molecule has 2 rings (SSSR count). The van der Waals surface area contributed by atoms with Crippen LogP contribution in [0.3, 0.4) is 0 Å². The normalized spacial score (nSPS) is 13.9. The summed E-state index contributed by atoms with van der Waals surface area (Å²) in [6.07, 6.45) is 3.05. The third-order valence-corrected chi connectivity index (χ3v) is 3.21. The average Bonchev–Trinajstić information content (AvgIpc) is 3.21. The van der Waals surface area contributed by atoms with Crippen molar-refractivity contribution in [3.8, 4) is 0 Å². The molecule has 2 N–H and O–H groups in total. The van der Waals surface area contributed by atoms with Crippen LogP contribution < -0.4 is 10.6 Å². The van der Waals surface area contributed by atoms with Gasteiger partial charge in [-0.25, -0.2) is 0 Å². The number of nitrogens with one attached hydrogen (secondary N) is 2. The van der Waals surface area contributed by atoms with Crippen molar-refractivity contribution < 1.29 is 9.59 Å². The van der Waals surface area contributed by atoms with Gasteiger partial charge in [-0.15, -0.1) is 0 Å². The molecule has 0 radical (unpaired) electrons. The van der Waals surface area contributed by atoms with Gasteiger partial charge in [0.05, 0.1) is 0 Å². The zero-order valence-electron chi connectivity index (χ0n) is 10.6. The minimum Gasteiger partial charge on any atom is -0.356 e. The van der Waals surface area contributed by atoms with E-state index in [1.807, 2.05) is 0 Å². The molecule has 0 spiro atoms. The van der Waals surface area contributed by atoms with E-state index in [-0.39, 0.29) is 17.7 Å². The van der Waals surface area contributed by atoms with Gasteiger partial charge in [0, 0.05) is 29.6 Å². The van der Waals surface area contributed by atoms with Gasteiger partial charge in [0.25, 0.3) is 0 Å². The molecule has 4 nitrogen and oxygen atoms in total. The maximum absolute atomic E-state index is 11.6. The lowest BCUT2D eigenvalue weighted by Crippen LogP contribution is -2.26. The minimum atomic E-state index is -0.0528. The van der Waals surface area contributed by atoms with Crippen molar-refractivity contribution in [2.24, 2.45) is 5.92 Å². The fraction of sp³-hybridized carbons (Fsp3) is 0.429. The van der Waals surface area contributed by atoms with Crippen LogP contribution in [0.15, 0.2) is 24.3 Å². The number of hydrogen-bond donors (Lipinski definition) is 2. The molecule has 102 valence electrons. The fourth-order valence-electron chi connectivity index (χ4n) is 1.71. The number of hydrogen-bond acceptors (Lipinski definition) is 2.